The molecule has 6 heterocycles. The fourth-order valence-electron chi connectivity index (χ4n) is 6.71. The molecule has 0 amide bonds. The molecule has 5 unspecified atom stereocenters. The lowest BCUT2D eigenvalue weighted by molar-refractivity contribution is -0.746. The minimum Gasteiger partial charge on any atom is -0.490 e. The second-order valence-corrected chi connectivity index (χ2v) is 18.9. The van der Waals surface area contributed by atoms with Crippen LogP contribution in [0.25, 0.3) is 22.3 Å². The molecule has 2 aliphatic heterocycles. The fourth-order valence-corrected chi connectivity index (χ4v) is 8.88. The third-order valence-electron chi connectivity index (χ3n) is 9.72. The van der Waals surface area contributed by atoms with Crippen LogP contribution in [0.5, 0.6) is 5.75 Å². The number of imidazole rings is 2. The molecule has 14 N–H and O–H groups in total. The maximum Gasteiger partial charge on any atom is 0.472 e. The van der Waals surface area contributed by atoms with Gasteiger partial charge in [-0.15, -0.1) is 0 Å². The number of rotatable bonds is 20. The lowest BCUT2D eigenvalue weighted by Gasteiger charge is -2.22. The zero-order chi connectivity index (χ0) is 47.9. The average Bonchev–Trinajstić information content (AvgIpc) is 3.97. The highest BCUT2D eigenvalue weighted by Crippen LogP contribution is 2.48. The zero-order valence-electron chi connectivity index (χ0n) is 33.3. The number of hydrogen-bond acceptors (Lipinski definition) is 22. The first-order valence-electron chi connectivity index (χ1n) is 18.9. The number of aliphatic hydroxyl groups excluding tert-OH is 4. The molecule has 0 radical (unpaired) electrons. The lowest BCUT2D eigenvalue weighted by atomic mass is 10.1. The molecule has 31 nitrogen and oxygen atoms in total. The number of aliphatic hydroxyl groups is 4. The van der Waals surface area contributed by atoms with E-state index in [2.05, 4.69) is 29.4 Å². The van der Waals surface area contributed by atoms with Crippen LogP contribution in [0.4, 0.5) is 11.9 Å². The molecule has 35 heteroatoms. The molecule has 66 heavy (non-hydrogen) atoms. The Labute approximate surface area is 372 Å². The van der Waals surface area contributed by atoms with E-state index >= 15 is 0 Å². The molecule has 11 atom stereocenters. The van der Waals surface area contributed by atoms with E-state index in [9.17, 15) is 63.3 Å². The Morgan fingerprint density at radius 1 is 0.818 bits per heavy atom. The standard InChI is InChI=1S/C31H40ClN10O21P3/c32-13-1-3-14(4-2-13)56-6-5-40-12-42(25-19(40)27(48)39-31(34)37-25)29-23(46)21(44)17(62-29)10-60-66(54,55)58-8-15(63-64(49,50)51)7-57-65(52,53)59-9-16-20(43)22(45)28(61-16)41-11-35-18-24(41)36-30(33)38-26(18)47/h1-4,11-12,15-17,20-23,28-29,43-46H,5-10H2,(H9-,33,34,36,37,38,39,47,48,49,50,51,52,53,54,55)/p+1/t15?,16?,17-,20-,21-,22-,23-,28-,29?/m1/s1. The molecule has 0 saturated carbocycles. The Kier molecular flexibility index (Phi) is 14.8. The highest BCUT2D eigenvalue weighted by Gasteiger charge is 2.49. The number of ether oxygens (including phenoxy) is 3. The number of nitrogen functional groups attached to an aromatic ring is 2. The molecule has 0 bridgehead atoms. The van der Waals surface area contributed by atoms with E-state index in [1.165, 1.54) is 15.5 Å². The molecule has 362 valence electrons. The molecule has 2 fully saturated rings. The Balaban J connectivity index is 0.934. The molecule has 0 aliphatic carbocycles. The number of aromatic amines is 2. The second kappa shape index (κ2) is 19.7. The van der Waals surface area contributed by atoms with Gasteiger partial charge >= 0.3 is 29.1 Å². The van der Waals surface area contributed by atoms with E-state index < -0.39 is 116 Å². The van der Waals surface area contributed by atoms with Gasteiger partial charge in [-0.2, -0.15) is 4.98 Å². The largest absolute Gasteiger partial charge is 0.490 e. The summed E-state index contributed by atoms with van der Waals surface area (Å²) < 4.78 is 81.8. The van der Waals surface area contributed by atoms with Crippen LogP contribution in [0.2, 0.25) is 5.02 Å². The van der Waals surface area contributed by atoms with E-state index in [-0.39, 0.29) is 47.4 Å². The molecular formula is C31H41ClN10O21P3+. The number of aromatic nitrogens is 8. The summed E-state index contributed by atoms with van der Waals surface area (Å²) in [7, 11) is -16.0. The first-order valence-corrected chi connectivity index (χ1v) is 23.8. The van der Waals surface area contributed by atoms with Crippen molar-refractivity contribution in [2.45, 2.75) is 61.7 Å². The number of nitrogens with two attached hydrogens (primary N) is 2. The Hall–Kier alpha value is -4.30. The van der Waals surface area contributed by atoms with Crippen molar-refractivity contribution in [3.8, 4) is 5.75 Å². The third kappa shape index (κ3) is 11.5. The van der Waals surface area contributed by atoms with Gasteiger partial charge in [0.1, 0.15) is 61.6 Å². The number of nitrogens with one attached hydrogen (secondary N) is 2. The van der Waals surface area contributed by atoms with E-state index in [4.69, 9.17) is 55.4 Å². The Bertz CT molecular complexity index is 2810. The SMILES string of the molecule is Nc1nc2c(ncn2[C@@H]2OC(COP(=O)(O)OCC(COP(=O)(O)OC[C@H]3OC([n+]4cn(CCOc5ccc(Cl)cc5)c5c(=O)[nH]c(N)nc54)[C@H](O)[C@@H]3O)OP(=O)(O)O)[C@@H](O)[C@H]2O)c(=O)[nH]1. The predicted molar refractivity (Wildman–Crippen MR) is 217 cm³/mol. The maximum absolute atomic E-state index is 13.0. The van der Waals surface area contributed by atoms with Crippen molar-refractivity contribution in [1.82, 2.24) is 34.1 Å². The van der Waals surface area contributed by atoms with Crippen molar-refractivity contribution in [1.29, 1.82) is 0 Å². The third-order valence-corrected chi connectivity index (χ3v) is 12.4. The van der Waals surface area contributed by atoms with Crippen LogP contribution < -0.4 is 31.9 Å². The summed E-state index contributed by atoms with van der Waals surface area (Å²) in [6.07, 6.45) is -12.8. The van der Waals surface area contributed by atoms with Crippen LogP contribution in [0.3, 0.4) is 0 Å². The van der Waals surface area contributed by atoms with Gasteiger partial charge in [0.15, 0.2) is 23.7 Å². The highest BCUT2D eigenvalue weighted by molar-refractivity contribution is 7.47. The van der Waals surface area contributed by atoms with Crippen molar-refractivity contribution >= 4 is 69.3 Å². The van der Waals surface area contributed by atoms with Gasteiger partial charge in [0, 0.05) is 5.02 Å². The van der Waals surface area contributed by atoms with Crippen molar-refractivity contribution < 1.29 is 95.1 Å². The van der Waals surface area contributed by atoms with Gasteiger partial charge in [-0.25, -0.2) is 23.2 Å². The summed E-state index contributed by atoms with van der Waals surface area (Å²) >= 11 is 5.92. The number of fused-ring (bicyclic) bond motifs is 2. The maximum atomic E-state index is 13.0. The van der Waals surface area contributed by atoms with E-state index in [0.717, 1.165) is 10.9 Å². The fraction of sp³-hybridized carbons (Fsp3) is 0.484. The monoisotopic (exact) mass is 1020 g/mol. The van der Waals surface area contributed by atoms with Gasteiger partial charge in [0.05, 0.1) is 32.8 Å². The van der Waals surface area contributed by atoms with Crippen molar-refractivity contribution in [2.24, 2.45) is 0 Å². The van der Waals surface area contributed by atoms with Gasteiger partial charge in [-0.1, -0.05) is 16.6 Å². The number of phosphoric acid groups is 3. The molecule has 2 saturated heterocycles. The molecule has 7 rings (SSSR count). The minimum absolute atomic E-state index is 0.0254. The number of H-pyrrole nitrogens is 2. The first kappa shape index (κ1) is 49.6. The molecular weight excluding hydrogens is 977 g/mol. The predicted octanol–water partition coefficient (Wildman–Crippen LogP) is -2.97. The van der Waals surface area contributed by atoms with Crippen molar-refractivity contribution in [3.63, 3.8) is 0 Å². The van der Waals surface area contributed by atoms with Gasteiger partial charge < -0.3 is 65.7 Å². The number of anilines is 2. The molecule has 0 spiro atoms. The summed E-state index contributed by atoms with van der Waals surface area (Å²) in [6.45, 7) is -4.32. The average molecular weight is 1020 g/mol. The first-order chi connectivity index (χ1) is 31.0. The Morgan fingerprint density at radius 2 is 1.41 bits per heavy atom. The quantitative estimate of drug-likeness (QED) is 0.0273. The van der Waals surface area contributed by atoms with E-state index in [0.29, 0.717) is 10.8 Å². The molecule has 5 aromatic rings. The van der Waals surface area contributed by atoms with E-state index in [1.807, 2.05) is 0 Å². The second-order valence-electron chi connectivity index (χ2n) is 14.3. The Morgan fingerprint density at radius 3 is 2.05 bits per heavy atom. The van der Waals surface area contributed by atoms with Crippen LogP contribution in [-0.2, 0) is 52.3 Å². The van der Waals surface area contributed by atoms with Gasteiger partial charge in [0.25, 0.3) is 17.1 Å². The van der Waals surface area contributed by atoms with Crippen molar-refractivity contribution in [2.75, 3.05) is 44.5 Å². The van der Waals surface area contributed by atoms with Crippen LogP contribution >= 0.6 is 35.1 Å². The number of phosphoric ester groups is 3. The highest BCUT2D eigenvalue weighted by atomic mass is 35.5. The smallest absolute Gasteiger partial charge is 0.472 e. The van der Waals surface area contributed by atoms with Crippen LogP contribution in [-0.4, -0.2) is 150 Å². The van der Waals surface area contributed by atoms with Gasteiger partial charge in [-0.05, 0) is 24.3 Å². The summed E-state index contributed by atoms with van der Waals surface area (Å²) in [5, 5.41) is 43.5. The van der Waals surface area contributed by atoms with E-state index in [1.54, 1.807) is 24.3 Å². The van der Waals surface area contributed by atoms with Gasteiger partial charge in [0.2, 0.25) is 17.7 Å². The summed E-state index contributed by atoms with van der Waals surface area (Å²) in [6, 6.07) is 6.49. The topological polar surface area (TPSA) is 457 Å². The van der Waals surface area contributed by atoms with Crippen LogP contribution in [0.15, 0.2) is 46.5 Å². The zero-order valence-corrected chi connectivity index (χ0v) is 36.8. The van der Waals surface area contributed by atoms with Crippen molar-refractivity contribution in [3.05, 3.63) is 62.7 Å². The summed E-state index contributed by atoms with van der Waals surface area (Å²) in [5.74, 6) is -0.126. The summed E-state index contributed by atoms with van der Waals surface area (Å²) in [5.41, 5.74) is 9.55. The lowest BCUT2D eigenvalue weighted by Crippen LogP contribution is -2.46. The normalized spacial score (nSPS) is 25.9. The number of halogens is 1. The summed E-state index contributed by atoms with van der Waals surface area (Å²) in [4.78, 5) is 81.2. The number of benzene rings is 1. The number of hydrogen-bond donors (Lipinski definition) is 12. The number of nitrogens with zero attached hydrogens (tertiary/aromatic N) is 6. The molecule has 1 aromatic carbocycles. The van der Waals surface area contributed by atoms with Crippen LogP contribution in [0, 0.1) is 0 Å². The minimum atomic E-state index is -5.45. The molecule has 4 aromatic heterocycles. The van der Waals surface area contributed by atoms with Crippen LogP contribution in [0.1, 0.15) is 12.5 Å². The molecule has 2 aliphatic rings. The van der Waals surface area contributed by atoms with Gasteiger partial charge in [-0.3, -0.25) is 51.3 Å².